The number of amides is 1. The summed E-state index contributed by atoms with van der Waals surface area (Å²) in [6.07, 6.45) is 0. The topological polar surface area (TPSA) is 29.1 Å². The highest BCUT2D eigenvalue weighted by Crippen LogP contribution is 2.37. The number of carbonyl (C=O) groups is 1. The van der Waals surface area contributed by atoms with Crippen molar-refractivity contribution in [3.63, 3.8) is 0 Å². The van der Waals surface area contributed by atoms with Gasteiger partial charge in [-0.3, -0.25) is 4.79 Å². The molecule has 1 amide bonds. The Hall–Kier alpha value is -1.02. The van der Waals surface area contributed by atoms with Crippen molar-refractivity contribution in [1.82, 2.24) is 0 Å². The first-order valence-electron chi connectivity index (χ1n) is 4.21. The van der Waals surface area contributed by atoms with Gasteiger partial charge in [-0.1, -0.05) is 17.7 Å². The molecule has 2 rings (SSSR count). The molecule has 0 bridgehead atoms. The quantitative estimate of drug-likeness (QED) is 0.678. The van der Waals surface area contributed by atoms with Crippen LogP contribution in [0.3, 0.4) is 0 Å². The summed E-state index contributed by atoms with van der Waals surface area (Å²) in [6.45, 7) is 3.81. The molecular formula is C10H10ClNO. The zero-order valence-electron chi connectivity index (χ0n) is 7.52. The van der Waals surface area contributed by atoms with E-state index in [0.29, 0.717) is 5.02 Å². The lowest BCUT2D eigenvalue weighted by Gasteiger charge is -2.05. The molecule has 2 nitrogen and oxygen atoms in total. The number of carbonyl (C=O) groups excluding carboxylic acids is 1. The normalized spacial score (nSPS) is 19.9. The second kappa shape index (κ2) is 2.74. The highest BCUT2D eigenvalue weighted by Gasteiger charge is 2.27. The van der Waals surface area contributed by atoms with Crippen molar-refractivity contribution in [1.29, 1.82) is 0 Å². The molecule has 1 atom stereocenters. The highest BCUT2D eigenvalue weighted by atomic mass is 35.5. The van der Waals surface area contributed by atoms with E-state index in [0.717, 1.165) is 16.8 Å². The Labute approximate surface area is 81.9 Å². The van der Waals surface area contributed by atoms with Gasteiger partial charge in [0.15, 0.2) is 0 Å². The van der Waals surface area contributed by atoms with Gasteiger partial charge in [0.2, 0.25) is 5.91 Å². The second-order valence-corrected chi connectivity index (χ2v) is 3.75. The Balaban J connectivity index is 2.64. The maximum atomic E-state index is 11.3. The monoisotopic (exact) mass is 195 g/mol. The van der Waals surface area contributed by atoms with E-state index in [4.69, 9.17) is 11.6 Å². The molecule has 1 aromatic rings. The summed E-state index contributed by atoms with van der Waals surface area (Å²) in [5, 5.41) is 3.53. The van der Waals surface area contributed by atoms with Gasteiger partial charge in [0.25, 0.3) is 0 Å². The average molecular weight is 196 g/mol. The molecule has 0 radical (unpaired) electrons. The third-order valence-corrected chi connectivity index (χ3v) is 2.95. The Kier molecular flexibility index (Phi) is 1.81. The van der Waals surface area contributed by atoms with Crippen LogP contribution in [0.25, 0.3) is 0 Å². The van der Waals surface area contributed by atoms with E-state index in [1.165, 1.54) is 0 Å². The molecule has 1 aliphatic heterocycles. The van der Waals surface area contributed by atoms with Crippen LogP contribution < -0.4 is 5.32 Å². The van der Waals surface area contributed by atoms with Crippen LogP contribution in [-0.4, -0.2) is 5.91 Å². The number of anilines is 1. The van der Waals surface area contributed by atoms with Crippen LogP contribution in [0.1, 0.15) is 24.0 Å². The van der Waals surface area contributed by atoms with Crippen molar-refractivity contribution in [3.05, 3.63) is 28.3 Å². The minimum atomic E-state index is -0.0500. The molecule has 1 N–H and O–H groups in total. The number of halogens is 1. The summed E-state index contributed by atoms with van der Waals surface area (Å²) in [5.74, 6) is 0.00586. The molecule has 1 unspecified atom stereocenters. The Bertz CT molecular complexity index is 387. The van der Waals surface area contributed by atoms with Crippen LogP contribution in [0.5, 0.6) is 0 Å². The maximum Gasteiger partial charge on any atom is 0.231 e. The number of nitrogens with one attached hydrogen (secondary N) is 1. The van der Waals surface area contributed by atoms with Gasteiger partial charge in [-0.25, -0.2) is 0 Å². The summed E-state index contributed by atoms with van der Waals surface area (Å²) in [4.78, 5) is 11.3. The average Bonchev–Trinajstić information content (AvgIpc) is 2.38. The standard InChI is InChI=1S/C10H10ClNO/c1-5-7-3-4-8(11)6(2)9(7)12-10(5)13/h3-5H,1-2H3,(H,12,13). The van der Waals surface area contributed by atoms with Crippen LogP contribution in [0.15, 0.2) is 12.1 Å². The summed E-state index contributed by atoms with van der Waals surface area (Å²) >= 11 is 5.94. The molecule has 0 fully saturated rings. The highest BCUT2D eigenvalue weighted by molar-refractivity contribution is 6.32. The van der Waals surface area contributed by atoms with Gasteiger partial charge in [-0.05, 0) is 31.0 Å². The lowest BCUT2D eigenvalue weighted by atomic mass is 10.0. The zero-order valence-corrected chi connectivity index (χ0v) is 8.27. The molecule has 0 aromatic heterocycles. The van der Waals surface area contributed by atoms with E-state index in [1.807, 2.05) is 26.0 Å². The SMILES string of the molecule is Cc1c(Cl)ccc2c1NC(=O)C2C. The minimum Gasteiger partial charge on any atom is -0.325 e. The molecule has 0 spiro atoms. The molecule has 0 saturated carbocycles. The molecule has 68 valence electrons. The summed E-state index contributed by atoms with van der Waals surface area (Å²) < 4.78 is 0. The van der Waals surface area contributed by atoms with Gasteiger partial charge in [0.05, 0.1) is 5.92 Å². The van der Waals surface area contributed by atoms with E-state index in [-0.39, 0.29) is 11.8 Å². The third-order valence-electron chi connectivity index (χ3n) is 2.54. The maximum absolute atomic E-state index is 11.3. The van der Waals surface area contributed by atoms with Gasteiger partial charge in [0, 0.05) is 10.7 Å². The first-order chi connectivity index (χ1) is 6.11. The van der Waals surface area contributed by atoms with Crippen LogP contribution in [0, 0.1) is 6.92 Å². The van der Waals surface area contributed by atoms with E-state index in [9.17, 15) is 4.79 Å². The van der Waals surface area contributed by atoms with Crippen LogP contribution >= 0.6 is 11.6 Å². The fourth-order valence-electron chi connectivity index (χ4n) is 1.61. The molecule has 13 heavy (non-hydrogen) atoms. The molecule has 1 aliphatic rings. The summed E-state index contributed by atoms with van der Waals surface area (Å²) in [7, 11) is 0. The predicted octanol–water partition coefficient (Wildman–Crippen LogP) is 2.70. The van der Waals surface area contributed by atoms with Crippen molar-refractivity contribution in [2.75, 3.05) is 5.32 Å². The van der Waals surface area contributed by atoms with E-state index in [2.05, 4.69) is 5.32 Å². The molecule has 0 aliphatic carbocycles. The Morgan fingerprint density at radius 2 is 2.15 bits per heavy atom. The third kappa shape index (κ3) is 1.13. The van der Waals surface area contributed by atoms with Crippen LogP contribution in [0.4, 0.5) is 5.69 Å². The number of hydrogen-bond acceptors (Lipinski definition) is 1. The van der Waals surface area contributed by atoms with E-state index in [1.54, 1.807) is 0 Å². The zero-order chi connectivity index (χ0) is 9.59. The first kappa shape index (κ1) is 8.57. The van der Waals surface area contributed by atoms with E-state index >= 15 is 0 Å². The van der Waals surface area contributed by atoms with Gasteiger partial charge < -0.3 is 5.32 Å². The van der Waals surface area contributed by atoms with Gasteiger partial charge in [-0.2, -0.15) is 0 Å². The number of hydrogen-bond donors (Lipinski definition) is 1. The largest absolute Gasteiger partial charge is 0.325 e. The smallest absolute Gasteiger partial charge is 0.231 e. The predicted molar refractivity (Wildman–Crippen MR) is 53.2 cm³/mol. The molecular weight excluding hydrogens is 186 g/mol. The number of fused-ring (bicyclic) bond motifs is 1. The van der Waals surface area contributed by atoms with Gasteiger partial charge in [-0.15, -0.1) is 0 Å². The van der Waals surface area contributed by atoms with Crippen molar-refractivity contribution in [2.45, 2.75) is 19.8 Å². The van der Waals surface area contributed by atoms with Crippen molar-refractivity contribution >= 4 is 23.2 Å². The van der Waals surface area contributed by atoms with Crippen LogP contribution in [0.2, 0.25) is 5.02 Å². The first-order valence-corrected chi connectivity index (χ1v) is 4.59. The fourth-order valence-corrected chi connectivity index (χ4v) is 1.76. The lowest BCUT2D eigenvalue weighted by molar-refractivity contribution is -0.116. The second-order valence-electron chi connectivity index (χ2n) is 3.35. The Morgan fingerprint density at radius 3 is 2.85 bits per heavy atom. The molecule has 1 heterocycles. The molecule has 1 aromatic carbocycles. The minimum absolute atomic E-state index is 0.0500. The van der Waals surface area contributed by atoms with E-state index < -0.39 is 0 Å². The van der Waals surface area contributed by atoms with Gasteiger partial charge >= 0.3 is 0 Å². The van der Waals surface area contributed by atoms with Gasteiger partial charge in [0.1, 0.15) is 0 Å². The molecule has 3 heteroatoms. The lowest BCUT2D eigenvalue weighted by Crippen LogP contribution is -2.08. The number of benzene rings is 1. The Morgan fingerprint density at radius 1 is 1.46 bits per heavy atom. The molecule has 0 saturated heterocycles. The van der Waals surface area contributed by atoms with Crippen molar-refractivity contribution in [2.24, 2.45) is 0 Å². The number of rotatable bonds is 0. The fraction of sp³-hybridized carbons (Fsp3) is 0.300. The van der Waals surface area contributed by atoms with Crippen molar-refractivity contribution < 1.29 is 4.79 Å². The summed E-state index contributed by atoms with van der Waals surface area (Å²) in [6, 6.07) is 3.75. The van der Waals surface area contributed by atoms with Crippen molar-refractivity contribution in [3.8, 4) is 0 Å². The summed E-state index contributed by atoms with van der Waals surface area (Å²) in [5.41, 5.74) is 2.90. The van der Waals surface area contributed by atoms with Crippen LogP contribution in [-0.2, 0) is 4.79 Å².